The van der Waals surface area contributed by atoms with Gasteiger partial charge < -0.3 is 45.1 Å². The lowest BCUT2D eigenvalue weighted by molar-refractivity contribution is -0.305. The van der Waals surface area contributed by atoms with Crippen LogP contribution in [0.3, 0.4) is 0 Å². The molecule has 1 rings (SSSR count). The van der Waals surface area contributed by atoms with Crippen LogP contribution in [0.15, 0.2) is 48.6 Å². The zero-order chi connectivity index (χ0) is 54.0. The van der Waals surface area contributed by atoms with E-state index >= 15 is 0 Å². The molecule has 6 N–H and O–H groups in total. The van der Waals surface area contributed by atoms with E-state index in [1.54, 1.807) is 6.08 Å². The van der Waals surface area contributed by atoms with Gasteiger partial charge in [-0.1, -0.05) is 243 Å². The second-order valence-electron chi connectivity index (χ2n) is 21.5. The normalized spacial score (nSPS) is 19.6. The number of carbonyl (C=O) groups excluding carboxylic acids is 2. The zero-order valence-corrected chi connectivity index (χ0v) is 47.7. The van der Waals surface area contributed by atoms with Gasteiger partial charge in [0.15, 0.2) is 12.4 Å². The maximum absolute atomic E-state index is 13.4. The van der Waals surface area contributed by atoms with Crippen LogP contribution in [0.1, 0.15) is 278 Å². The van der Waals surface area contributed by atoms with Crippen molar-refractivity contribution in [2.45, 2.75) is 327 Å². The van der Waals surface area contributed by atoms with E-state index in [0.29, 0.717) is 12.8 Å². The Hall–Kier alpha value is -2.38. The topological polar surface area (TPSA) is 175 Å². The highest BCUT2D eigenvalue weighted by Crippen LogP contribution is 2.26. The fourth-order valence-electron chi connectivity index (χ4n) is 9.52. The molecule has 0 aliphatic carbocycles. The number of hydrogen-bond donors (Lipinski definition) is 6. The third-order valence-electron chi connectivity index (χ3n) is 14.5. The number of aliphatic hydroxyl groups excluding tert-OH is 5. The molecule has 0 aromatic rings. The minimum absolute atomic E-state index is 0.111. The summed E-state index contributed by atoms with van der Waals surface area (Å²) in [7, 11) is 0. The number of unbranched alkanes of at least 4 members (excludes halogenated alkanes) is 33. The molecular weight excluding hydrogens is 931 g/mol. The SMILES string of the molecule is CCCCC/C=C/C=C/CCCCCCCCC(=O)OC1C(OCC(NC(=O)C(O)CCCCCCCCCC/C=C/CCCCCCCC)C(O)/C=C/CCCCCCCCCCCC)OC(CO)C(O)C1O. The van der Waals surface area contributed by atoms with Crippen molar-refractivity contribution in [2.75, 3.05) is 13.2 Å². The molecule has 1 saturated heterocycles. The first kappa shape index (κ1) is 69.6. The molecule has 0 saturated carbocycles. The molecule has 0 spiro atoms. The molecule has 0 radical (unpaired) electrons. The molecule has 1 aliphatic rings. The molecule has 1 fully saturated rings. The molecule has 0 aromatic carbocycles. The van der Waals surface area contributed by atoms with Crippen molar-refractivity contribution in [3.05, 3.63) is 48.6 Å². The quantitative estimate of drug-likeness (QED) is 0.0149. The number of rotatable bonds is 52. The van der Waals surface area contributed by atoms with E-state index in [1.807, 2.05) is 6.08 Å². The van der Waals surface area contributed by atoms with Crippen molar-refractivity contribution in [2.24, 2.45) is 0 Å². The highest BCUT2D eigenvalue weighted by atomic mass is 16.7. The minimum Gasteiger partial charge on any atom is -0.454 e. The van der Waals surface area contributed by atoms with Gasteiger partial charge in [0.1, 0.15) is 24.4 Å². The smallest absolute Gasteiger partial charge is 0.306 e. The van der Waals surface area contributed by atoms with Crippen LogP contribution in [0.5, 0.6) is 0 Å². The highest BCUT2D eigenvalue weighted by molar-refractivity contribution is 5.80. The van der Waals surface area contributed by atoms with Gasteiger partial charge in [0.2, 0.25) is 5.91 Å². The monoisotopic (exact) mass is 1050 g/mol. The van der Waals surface area contributed by atoms with Crippen molar-refractivity contribution >= 4 is 11.9 Å². The maximum Gasteiger partial charge on any atom is 0.306 e. The summed E-state index contributed by atoms with van der Waals surface area (Å²) in [4.78, 5) is 26.5. The third-order valence-corrected chi connectivity index (χ3v) is 14.5. The number of allylic oxidation sites excluding steroid dienone is 7. The van der Waals surface area contributed by atoms with Gasteiger partial charge >= 0.3 is 5.97 Å². The standard InChI is InChI=1S/C63H115NO10/c1-4-7-10-13-16-19-22-25-27-28-29-31-32-35-38-41-44-47-50-56(67)62(71)64-54(55(66)49-46-43-40-37-34-24-21-18-15-12-9-6-3)53-72-63-61(60(70)59(69)57(52-65)73-63)74-58(68)51-48-45-42-39-36-33-30-26-23-20-17-14-11-8-5-2/h17,20,23,25-27,46,49,54-57,59-61,63,65-67,69-70H,4-16,18-19,21-22,24,28-45,47-48,50-53H2,1-3H3,(H,64,71)/b20-17+,26-23+,27-25+,49-46+. The summed E-state index contributed by atoms with van der Waals surface area (Å²) in [6.07, 6.45) is 51.4. The molecule has 8 atom stereocenters. The second kappa shape index (κ2) is 51.4. The number of aliphatic hydroxyl groups is 5. The summed E-state index contributed by atoms with van der Waals surface area (Å²) in [6, 6.07) is -1.03. The van der Waals surface area contributed by atoms with E-state index in [1.165, 1.54) is 141 Å². The van der Waals surface area contributed by atoms with Crippen LogP contribution in [0, 0.1) is 0 Å². The van der Waals surface area contributed by atoms with E-state index in [0.717, 1.165) is 89.9 Å². The number of amides is 1. The van der Waals surface area contributed by atoms with E-state index in [-0.39, 0.29) is 19.4 Å². The molecule has 0 aromatic heterocycles. The van der Waals surface area contributed by atoms with Crippen LogP contribution in [-0.2, 0) is 23.8 Å². The summed E-state index contributed by atoms with van der Waals surface area (Å²) < 4.78 is 17.6. The first-order chi connectivity index (χ1) is 36.2. The van der Waals surface area contributed by atoms with Crippen molar-refractivity contribution in [1.82, 2.24) is 5.32 Å². The van der Waals surface area contributed by atoms with E-state index in [4.69, 9.17) is 14.2 Å². The van der Waals surface area contributed by atoms with Crippen molar-refractivity contribution in [3.8, 4) is 0 Å². The zero-order valence-electron chi connectivity index (χ0n) is 47.7. The Labute approximate surface area is 453 Å². The first-order valence-corrected chi connectivity index (χ1v) is 30.9. The van der Waals surface area contributed by atoms with Gasteiger partial charge in [-0.25, -0.2) is 0 Å². The van der Waals surface area contributed by atoms with Gasteiger partial charge in [0.05, 0.1) is 25.4 Å². The third kappa shape index (κ3) is 39.1. The molecule has 432 valence electrons. The number of esters is 1. The van der Waals surface area contributed by atoms with Crippen molar-refractivity contribution in [1.29, 1.82) is 0 Å². The summed E-state index contributed by atoms with van der Waals surface area (Å²) in [6.45, 7) is 5.75. The van der Waals surface area contributed by atoms with Gasteiger partial charge in [-0.3, -0.25) is 9.59 Å². The minimum atomic E-state index is -1.62. The Balaban J connectivity index is 2.69. The lowest BCUT2D eigenvalue weighted by Crippen LogP contribution is -2.61. The van der Waals surface area contributed by atoms with Gasteiger partial charge in [-0.05, 0) is 77.0 Å². The van der Waals surface area contributed by atoms with E-state index in [2.05, 4.69) is 62.5 Å². The molecule has 1 aliphatic heterocycles. The summed E-state index contributed by atoms with van der Waals surface area (Å²) in [5.74, 6) is -1.20. The second-order valence-corrected chi connectivity index (χ2v) is 21.5. The van der Waals surface area contributed by atoms with Crippen LogP contribution in [0.2, 0.25) is 0 Å². The maximum atomic E-state index is 13.4. The van der Waals surface area contributed by atoms with Crippen LogP contribution >= 0.6 is 0 Å². The largest absolute Gasteiger partial charge is 0.454 e. The van der Waals surface area contributed by atoms with Gasteiger partial charge in [-0.2, -0.15) is 0 Å². The van der Waals surface area contributed by atoms with Gasteiger partial charge in [-0.15, -0.1) is 0 Å². The lowest BCUT2D eigenvalue weighted by atomic mass is 9.99. The molecule has 74 heavy (non-hydrogen) atoms. The van der Waals surface area contributed by atoms with Gasteiger partial charge in [0, 0.05) is 6.42 Å². The summed E-state index contributed by atoms with van der Waals surface area (Å²) >= 11 is 0. The number of ether oxygens (including phenoxy) is 3. The van der Waals surface area contributed by atoms with Gasteiger partial charge in [0.25, 0.3) is 0 Å². The van der Waals surface area contributed by atoms with Crippen molar-refractivity contribution < 1.29 is 49.3 Å². The highest BCUT2D eigenvalue weighted by Gasteiger charge is 2.47. The Morgan fingerprint density at radius 3 is 1.42 bits per heavy atom. The summed E-state index contributed by atoms with van der Waals surface area (Å²) in [5, 5.41) is 56.9. The fraction of sp³-hybridized carbons (Fsp3) is 0.841. The molecule has 11 heteroatoms. The average molecular weight is 1050 g/mol. The molecule has 0 bridgehead atoms. The Morgan fingerprint density at radius 2 is 0.932 bits per heavy atom. The van der Waals surface area contributed by atoms with Crippen LogP contribution < -0.4 is 5.32 Å². The molecular formula is C63H115NO10. The first-order valence-electron chi connectivity index (χ1n) is 30.9. The molecule has 11 nitrogen and oxygen atoms in total. The summed E-state index contributed by atoms with van der Waals surface area (Å²) in [5.41, 5.74) is 0. The number of hydrogen-bond acceptors (Lipinski definition) is 10. The predicted octanol–water partition coefficient (Wildman–Crippen LogP) is 14.4. The molecule has 1 amide bonds. The van der Waals surface area contributed by atoms with Crippen LogP contribution in [0.4, 0.5) is 0 Å². The Bertz CT molecular complexity index is 1390. The predicted molar refractivity (Wildman–Crippen MR) is 306 cm³/mol. The average Bonchev–Trinajstić information content (AvgIpc) is 3.40. The number of carbonyl (C=O) groups is 2. The van der Waals surface area contributed by atoms with Crippen LogP contribution in [0.25, 0.3) is 0 Å². The van der Waals surface area contributed by atoms with Crippen molar-refractivity contribution in [3.63, 3.8) is 0 Å². The Kier molecular flexibility index (Phi) is 48.3. The molecule has 8 unspecified atom stereocenters. The van der Waals surface area contributed by atoms with E-state index in [9.17, 15) is 35.1 Å². The van der Waals surface area contributed by atoms with E-state index < -0.39 is 67.4 Å². The lowest BCUT2D eigenvalue weighted by Gasteiger charge is -2.41. The number of nitrogens with one attached hydrogen (secondary N) is 1. The molecule has 1 heterocycles. The Morgan fingerprint density at radius 1 is 0.527 bits per heavy atom. The van der Waals surface area contributed by atoms with Crippen LogP contribution in [-0.4, -0.2) is 99.6 Å². The fourth-order valence-corrected chi connectivity index (χ4v) is 9.52.